The Morgan fingerprint density at radius 2 is 2.29 bits per heavy atom. The summed E-state index contributed by atoms with van der Waals surface area (Å²) in [7, 11) is 3.87. The number of hydrogen-bond acceptors (Lipinski definition) is 5. The third-order valence-corrected chi connectivity index (χ3v) is 4.94. The summed E-state index contributed by atoms with van der Waals surface area (Å²) in [5, 5.41) is 6.66. The zero-order chi connectivity index (χ0) is 16.9. The summed E-state index contributed by atoms with van der Waals surface area (Å²) in [6.07, 6.45) is 0. The summed E-state index contributed by atoms with van der Waals surface area (Å²) in [6, 6.07) is 0. The average molecular weight is 467 g/mol. The van der Waals surface area contributed by atoms with Crippen LogP contribution in [0.15, 0.2) is 10.4 Å². The van der Waals surface area contributed by atoms with Crippen LogP contribution in [-0.4, -0.2) is 73.2 Å². The first-order valence-electron chi connectivity index (χ1n) is 8.08. The third kappa shape index (κ3) is 6.12. The van der Waals surface area contributed by atoms with E-state index in [4.69, 9.17) is 4.74 Å². The summed E-state index contributed by atoms with van der Waals surface area (Å²) < 4.78 is 5.57. The van der Waals surface area contributed by atoms with Crippen molar-refractivity contribution in [2.75, 3.05) is 46.9 Å². The Morgan fingerprint density at radius 3 is 2.88 bits per heavy atom. The number of nitrogens with one attached hydrogen (secondary N) is 1. The van der Waals surface area contributed by atoms with Crippen LogP contribution in [0.1, 0.15) is 24.5 Å². The minimum atomic E-state index is 0. The second-order valence-electron chi connectivity index (χ2n) is 6.54. The number of aromatic nitrogens is 1. The average Bonchev–Trinajstić information content (AvgIpc) is 2.89. The van der Waals surface area contributed by atoms with Gasteiger partial charge in [0.05, 0.1) is 30.5 Å². The molecule has 1 saturated heterocycles. The van der Waals surface area contributed by atoms with Gasteiger partial charge in [-0.2, -0.15) is 0 Å². The number of rotatable bonds is 5. The van der Waals surface area contributed by atoms with Crippen molar-refractivity contribution in [2.45, 2.75) is 32.9 Å². The molecule has 1 aliphatic heterocycles. The maximum atomic E-state index is 5.57. The Hall–Kier alpha value is -0.450. The molecule has 2 rings (SSSR count). The van der Waals surface area contributed by atoms with E-state index in [0.29, 0.717) is 0 Å². The van der Waals surface area contributed by atoms with Crippen molar-refractivity contribution in [1.82, 2.24) is 20.1 Å². The standard InChI is InChI=1S/C16H29N5OS.HI/c1-13-19-14(11-23-13)10-20(5)15(17-4)18-6-7-21-8-9-22-12-16(21,2)3;/h11H,6-10,12H2,1-5H3,(H,17,18);1H. The molecule has 6 nitrogen and oxygen atoms in total. The van der Waals surface area contributed by atoms with Gasteiger partial charge in [0.2, 0.25) is 0 Å². The molecule has 138 valence electrons. The van der Waals surface area contributed by atoms with Crippen LogP contribution in [-0.2, 0) is 11.3 Å². The maximum Gasteiger partial charge on any atom is 0.193 e. The first-order chi connectivity index (χ1) is 10.9. The number of halogens is 1. The van der Waals surface area contributed by atoms with E-state index in [1.807, 2.05) is 21.0 Å². The number of guanidine groups is 1. The fraction of sp³-hybridized carbons (Fsp3) is 0.750. The van der Waals surface area contributed by atoms with Crippen molar-refractivity contribution < 1.29 is 4.74 Å². The van der Waals surface area contributed by atoms with Gasteiger partial charge in [-0.05, 0) is 20.8 Å². The predicted octanol–water partition coefficient (Wildman–Crippen LogP) is 2.19. The van der Waals surface area contributed by atoms with Crippen LogP contribution in [0, 0.1) is 6.92 Å². The Kier molecular flexibility index (Phi) is 8.89. The van der Waals surface area contributed by atoms with Crippen LogP contribution >= 0.6 is 35.3 Å². The highest BCUT2D eigenvalue weighted by atomic mass is 127. The highest BCUT2D eigenvalue weighted by Crippen LogP contribution is 2.17. The van der Waals surface area contributed by atoms with E-state index in [9.17, 15) is 0 Å². The summed E-state index contributed by atoms with van der Waals surface area (Å²) in [6.45, 7) is 11.7. The van der Waals surface area contributed by atoms with E-state index in [0.717, 1.165) is 56.1 Å². The predicted molar refractivity (Wildman–Crippen MR) is 112 cm³/mol. The lowest BCUT2D eigenvalue weighted by molar-refractivity contribution is -0.0496. The zero-order valence-corrected chi connectivity index (χ0v) is 18.5. The number of thiazole rings is 1. The molecule has 0 radical (unpaired) electrons. The fourth-order valence-corrected chi connectivity index (χ4v) is 3.40. The first kappa shape index (κ1) is 21.6. The van der Waals surface area contributed by atoms with Crippen molar-refractivity contribution in [2.24, 2.45) is 4.99 Å². The summed E-state index contributed by atoms with van der Waals surface area (Å²) >= 11 is 1.69. The van der Waals surface area contributed by atoms with Crippen molar-refractivity contribution in [3.8, 4) is 0 Å². The van der Waals surface area contributed by atoms with Crippen molar-refractivity contribution in [3.63, 3.8) is 0 Å². The van der Waals surface area contributed by atoms with Crippen LogP contribution in [0.25, 0.3) is 0 Å². The van der Waals surface area contributed by atoms with Crippen molar-refractivity contribution in [1.29, 1.82) is 0 Å². The summed E-state index contributed by atoms with van der Waals surface area (Å²) in [5.74, 6) is 0.904. The fourth-order valence-electron chi connectivity index (χ4n) is 2.79. The normalized spacial score (nSPS) is 18.1. The smallest absolute Gasteiger partial charge is 0.193 e. The topological polar surface area (TPSA) is 53.0 Å². The number of ether oxygens (including phenoxy) is 1. The second kappa shape index (κ2) is 9.88. The molecule has 8 heteroatoms. The van der Waals surface area contributed by atoms with Crippen LogP contribution in [0.2, 0.25) is 0 Å². The van der Waals surface area contributed by atoms with Crippen molar-refractivity contribution in [3.05, 3.63) is 16.1 Å². The Balaban J connectivity index is 0.00000288. The van der Waals surface area contributed by atoms with Crippen LogP contribution in [0.3, 0.4) is 0 Å². The van der Waals surface area contributed by atoms with Crippen LogP contribution in [0.5, 0.6) is 0 Å². The van der Waals surface area contributed by atoms with E-state index in [1.54, 1.807) is 11.3 Å². The number of nitrogens with zero attached hydrogens (tertiary/aromatic N) is 4. The number of aliphatic imine (C=N–C) groups is 1. The molecule has 0 amide bonds. The second-order valence-corrected chi connectivity index (χ2v) is 7.60. The molecule has 2 heterocycles. The number of morpholine rings is 1. The van der Waals surface area contributed by atoms with Gasteiger partial charge in [0.15, 0.2) is 5.96 Å². The molecule has 0 spiro atoms. The lowest BCUT2D eigenvalue weighted by Crippen LogP contribution is -2.55. The van der Waals surface area contributed by atoms with E-state index in [1.165, 1.54) is 0 Å². The van der Waals surface area contributed by atoms with Crippen molar-refractivity contribution >= 4 is 41.3 Å². The molecule has 0 aliphatic carbocycles. The molecule has 1 aliphatic rings. The molecule has 0 unspecified atom stereocenters. The summed E-state index contributed by atoms with van der Waals surface area (Å²) in [5.41, 5.74) is 1.19. The van der Waals surface area contributed by atoms with Crippen LogP contribution < -0.4 is 5.32 Å². The van der Waals surface area contributed by atoms with Gasteiger partial charge in [-0.25, -0.2) is 4.98 Å². The van der Waals surface area contributed by atoms with E-state index >= 15 is 0 Å². The molecule has 1 N–H and O–H groups in total. The van der Waals surface area contributed by atoms with E-state index in [2.05, 4.69) is 44.3 Å². The summed E-state index contributed by atoms with van der Waals surface area (Å²) in [4.78, 5) is 13.5. The molecule has 0 bridgehead atoms. The van der Waals surface area contributed by atoms with Gasteiger partial charge < -0.3 is 15.0 Å². The Bertz CT molecular complexity index is 534. The highest BCUT2D eigenvalue weighted by Gasteiger charge is 2.29. The monoisotopic (exact) mass is 467 g/mol. The first-order valence-corrected chi connectivity index (χ1v) is 8.96. The van der Waals surface area contributed by atoms with Gasteiger partial charge in [0.1, 0.15) is 0 Å². The molecule has 0 atom stereocenters. The highest BCUT2D eigenvalue weighted by molar-refractivity contribution is 14.0. The van der Waals surface area contributed by atoms with Gasteiger partial charge in [-0.15, -0.1) is 35.3 Å². The Morgan fingerprint density at radius 1 is 1.54 bits per heavy atom. The van der Waals surface area contributed by atoms with Gasteiger partial charge in [-0.3, -0.25) is 9.89 Å². The largest absolute Gasteiger partial charge is 0.378 e. The maximum absolute atomic E-state index is 5.57. The molecule has 1 aromatic rings. The number of aryl methyl sites for hydroxylation is 1. The molecular formula is C16H30IN5OS. The van der Waals surface area contributed by atoms with Gasteiger partial charge >= 0.3 is 0 Å². The minimum absolute atomic E-state index is 0. The molecule has 1 aromatic heterocycles. The van der Waals surface area contributed by atoms with Gasteiger partial charge in [0, 0.05) is 44.6 Å². The van der Waals surface area contributed by atoms with E-state index in [-0.39, 0.29) is 29.5 Å². The molecule has 0 saturated carbocycles. The number of hydrogen-bond donors (Lipinski definition) is 1. The quantitative estimate of drug-likeness (QED) is 0.409. The Labute approximate surface area is 166 Å². The molecular weight excluding hydrogens is 437 g/mol. The molecule has 0 aromatic carbocycles. The lowest BCUT2D eigenvalue weighted by atomic mass is 10.0. The molecule has 1 fully saturated rings. The zero-order valence-electron chi connectivity index (χ0n) is 15.3. The van der Waals surface area contributed by atoms with Gasteiger partial charge in [-0.1, -0.05) is 0 Å². The third-order valence-electron chi connectivity index (χ3n) is 4.12. The molecule has 24 heavy (non-hydrogen) atoms. The van der Waals surface area contributed by atoms with Gasteiger partial charge in [0.25, 0.3) is 0 Å². The SMILES string of the molecule is CN=C(NCCN1CCOCC1(C)C)N(C)Cc1csc(C)n1.I. The lowest BCUT2D eigenvalue weighted by Gasteiger charge is -2.42. The van der Waals surface area contributed by atoms with E-state index < -0.39 is 0 Å². The van der Waals surface area contributed by atoms with Crippen LogP contribution in [0.4, 0.5) is 0 Å². The minimum Gasteiger partial charge on any atom is -0.378 e.